The molecule has 0 saturated carbocycles. The van der Waals surface area contributed by atoms with Gasteiger partial charge >= 0.3 is 6.09 Å². The first-order chi connectivity index (χ1) is 18.4. The third kappa shape index (κ3) is 13.2. The lowest BCUT2D eigenvalue weighted by molar-refractivity contribution is -0.143. The maximum absolute atomic E-state index is 14.3. The van der Waals surface area contributed by atoms with Crippen molar-refractivity contribution in [2.75, 3.05) is 13.1 Å². The van der Waals surface area contributed by atoms with Crippen molar-refractivity contribution in [2.45, 2.75) is 118 Å². The highest BCUT2D eigenvalue weighted by Gasteiger charge is 2.36. The Bertz CT molecular complexity index is 907. The zero-order valence-corrected chi connectivity index (χ0v) is 25.5. The van der Waals surface area contributed by atoms with E-state index in [1.54, 1.807) is 31.7 Å². The number of hydrogen-bond donors (Lipinski definition) is 2. The predicted octanol–water partition coefficient (Wildman–Crippen LogP) is 7.03. The van der Waals surface area contributed by atoms with E-state index in [1.807, 2.05) is 38.1 Å². The van der Waals surface area contributed by atoms with E-state index in [-0.39, 0.29) is 17.7 Å². The van der Waals surface area contributed by atoms with Gasteiger partial charge in [0.2, 0.25) is 11.8 Å². The number of carbonyl (C=O) groups is 3. The molecule has 0 spiro atoms. The van der Waals surface area contributed by atoms with Crippen molar-refractivity contribution in [1.29, 1.82) is 0 Å². The molecule has 0 aliphatic heterocycles. The number of amides is 3. The van der Waals surface area contributed by atoms with E-state index >= 15 is 0 Å². The van der Waals surface area contributed by atoms with E-state index in [9.17, 15) is 14.4 Å². The first-order valence-electron chi connectivity index (χ1n) is 14.7. The summed E-state index contributed by atoms with van der Waals surface area (Å²) in [4.78, 5) is 42.4. The summed E-state index contributed by atoms with van der Waals surface area (Å²) in [5.74, 6) is -0.349. The van der Waals surface area contributed by atoms with Gasteiger partial charge < -0.3 is 20.3 Å². The summed E-state index contributed by atoms with van der Waals surface area (Å²) in [6, 6.07) is 5.96. The van der Waals surface area contributed by atoms with Crippen LogP contribution in [0.4, 0.5) is 4.79 Å². The van der Waals surface area contributed by atoms with E-state index < -0.39 is 23.8 Å². The zero-order chi connectivity index (χ0) is 29.4. The zero-order valence-electron chi connectivity index (χ0n) is 25.5. The number of benzene rings is 1. The minimum absolute atomic E-state index is 0.140. The fourth-order valence-corrected chi connectivity index (χ4v) is 4.41. The average molecular weight is 544 g/mol. The normalized spacial score (nSPS) is 12.9. The topological polar surface area (TPSA) is 87.7 Å². The second-order valence-corrected chi connectivity index (χ2v) is 11.7. The van der Waals surface area contributed by atoms with Gasteiger partial charge in [-0.25, -0.2) is 4.79 Å². The van der Waals surface area contributed by atoms with Gasteiger partial charge in [0.25, 0.3) is 0 Å². The van der Waals surface area contributed by atoms with Gasteiger partial charge in [-0.1, -0.05) is 90.7 Å². The monoisotopic (exact) mass is 543 g/mol. The van der Waals surface area contributed by atoms with Gasteiger partial charge in [-0.05, 0) is 63.1 Å². The highest BCUT2D eigenvalue weighted by atomic mass is 16.6. The van der Waals surface area contributed by atoms with Gasteiger partial charge in [-0.15, -0.1) is 0 Å². The summed E-state index contributed by atoms with van der Waals surface area (Å²) in [5, 5.41) is 5.86. The van der Waals surface area contributed by atoms with E-state index in [0.29, 0.717) is 19.5 Å². The second kappa shape index (κ2) is 17.7. The molecule has 1 aromatic carbocycles. The van der Waals surface area contributed by atoms with Crippen molar-refractivity contribution in [3.8, 4) is 0 Å². The Labute approximate surface area is 237 Å². The van der Waals surface area contributed by atoms with Crippen molar-refractivity contribution in [1.82, 2.24) is 15.5 Å². The maximum Gasteiger partial charge on any atom is 0.408 e. The van der Waals surface area contributed by atoms with Crippen LogP contribution in [0.15, 0.2) is 30.8 Å². The number of nitrogens with zero attached hydrogens (tertiary/aromatic N) is 1. The second-order valence-electron chi connectivity index (χ2n) is 11.7. The van der Waals surface area contributed by atoms with Crippen molar-refractivity contribution in [2.24, 2.45) is 5.92 Å². The highest BCUT2D eigenvalue weighted by molar-refractivity contribution is 5.92. The van der Waals surface area contributed by atoms with Crippen LogP contribution in [0.1, 0.15) is 117 Å². The van der Waals surface area contributed by atoms with Crippen LogP contribution in [0.25, 0.3) is 6.08 Å². The fourth-order valence-electron chi connectivity index (χ4n) is 4.41. The standard InChI is InChI=1S/C32H53N3O4/c1-9-12-14-15-16-21-35(30(37)27(22-24(4)5)34-31(38)39-32(6,7)8)28(29(36)33-20-13-10-2)26-19-17-18-25(11-3)23-26/h11,17-19,23-24,27-28H,3,9-10,12-16,20-22H2,1-2,4-8H3,(H,33,36)(H,34,38). The smallest absolute Gasteiger partial charge is 0.408 e. The first kappa shape index (κ1) is 34.2. The van der Waals surface area contributed by atoms with Crippen LogP contribution in [-0.2, 0) is 14.3 Å². The Morgan fingerprint density at radius 2 is 1.69 bits per heavy atom. The third-order valence-corrected chi connectivity index (χ3v) is 6.33. The molecule has 7 heteroatoms. The Hall–Kier alpha value is -2.83. The summed E-state index contributed by atoms with van der Waals surface area (Å²) in [6.07, 6.45) is 8.39. The Balaban J connectivity index is 3.48. The lowest BCUT2D eigenvalue weighted by atomic mass is 9.97. The fraction of sp³-hybridized carbons (Fsp3) is 0.656. The summed E-state index contributed by atoms with van der Waals surface area (Å²) in [6.45, 7) is 18.4. The molecule has 0 radical (unpaired) electrons. The molecular weight excluding hydrogens is 490 g/mol. The van der Waals surface area contributed by atoms with E-state index in [4.69, 9.17) is 4.74 Å². The molecule has 7 nitrogen and oxygen atoms in total. The summed E-state index contributed by atoms with van der Waals surface area (Å²) in [7, 11) is 0. The minimum atomic E-state index is -0.824. The molecule has 220 valence electrons. The summed E-state index contributed by atoms with van der Waals surface area (Å²) < 4.78 is 5.48. The van der Waals surface area contributed by atoms with Crippen molar-refractivity contribution in [3.63, 3.8) is 0 Å². The molecule has 1 rings (SSSR count). The number of rotatable bonds is 17. The molecule has 0 saturated heterocycles. The molecule has 0 fully saturated rings. The predicted molar refractivity (Wildman–Crippen MR) is 160 cm³/mol. The largest absolute Gasteiger partial charge is 0.444 e. The Kier molecular flexibility index (Phi) is 15.5. The average Bonchev–Trinajstić information content (AvgIpc) is 2.85. The first-order valence-corrected chi connectivity index (χ1v) is 14.7. The van der Waals surface area contributed by atoms with Gasteiger partial charge in [0.15, 0.2) is 0 Å². The van der Waals surface area contributed by atoms with Crippen molar-refractivity contribution >= 4 is 24.0 Å². The van der Waals surface area contributed by atoms with Crippen LogP contribution < -0.4 is 10.6 Å². The van der Waals surface area contributed by atoms with Crippen molar-refractivity contribution in [3.05, 3.63) is 42.0 Å². The minimum Gasteiger partial charge on any atom is -0.444 e. The molecule has 2 N–H and O–H groups in total. The van der Waals surface area contributed by atoms with Crippen LogP contribution >= 0.6 is 0 Å². The van der Waals surface area contributed by atoms with Gasteiger partial charge in [-0.2, -0.15) is 0 Å². The Morgan fingerprint density at radius 3 is 2.28 bits per heavy atom. The molecule has 0 aliphatic rings. The molecule has 0 bridgehead atoms. The molecular formula is C32H53N3O4. The highest BCUT2D eigenvalue weighted by Crippen LogP contribution is 2.26. The quantitative estimate of drug-likeness (QED) is 0.207. The van der Waals surface area contributed by atoms with Crippen LogP contribution in [0.5, 0.6) is 0 Å². The maximum atomic E-state index is 14.3. The molecule has 0 heterocycles. The van der Waals surface area contributed by atoms with E-state index in [0.717, 1.165) is 56.1 Å². The number of unbranched alkanes of at least 4 members (excludes halogenated alkanes) is 5. The number of hydrogen-bond acceptors (Lipinski definition) is 4. The third-order valence-electron chi connectivity index (χ3n) is 6.33. The van der Waals surface area contributed by atoms with E-state index in [2.05, 4.69) is 31.1 Å². The molecule has 0 aliphatic carbocycles. The summed E-state index contributed by atoms with van der Waals surface area (Å²) in [5.41, 5.74) is 0.907. The lowest BCUT2D eigenvalue weighted by Gasteiger charge is -2.35. The van der Waals surface area contributed by atoms with Crippen LogP contribution in [0.2, 0.25) is 0 Å². The number of ether oxygens (including phenoxy) is 1. The van der Waals surface area contributed by atoms with Gasteiger partial charge in [0, 0.05) is 13.1 Å². The van der Waals surface area contributed by atoms with Crippen LogP contribution in [-0.4, -0.2) is 47.5 Å². The number of alkyl carbamates (subject to hydrolysis) is 1. The van der Waals surface area contributed by atoms with Gasteiger partial charge in [0.05, 0.1) is 0 Å². The molecule has 2 atom stereocenters. The number of nitrogens with one attached hydrogen (secondary N) is 2. The lowest BCUT2D eigenvalue weighted by Crippen LogP contribution is -2.53. The Morgan fingerprint density at radius 1 is 1.03 bits per heavy atom. The van der Waals surface area contributed by atoms with Crippen LogP contribution in [0, 0.1) is 5.92 Å². The SMILES string of the molecule is C=Cc1cccc(C(C(=O)NCCCC)N(CCCCCCC)C(=O)C(CC(C)C)NC(=O)OC(C)(C)C)c1. The van der Waals surface area contributed by atoms with Crippen molar-refractivity contribution < 1.29 is 19.1 Å². The molecule has 1 aromatic rings. The van der Waals surface area contributed by atoms with Gasteiger partial charge in [0.1, 0.15) is 17.7 Å². The van der Waals surface area contributed by atoms with Crippen LogP contribution in [0.3, 0.4) is 0 Å². The molecule has 39 heavy (non-hydrogen) atoms. The molecule has 0 aromatic heterocycles. The van der Waals surface area contributed by atoms with E-state index in [1.165, 1.54) is 0 Å². The molecule has 2 unspecified atom stereocenters. The molecule has 3 amide bonds. The number of carbonyl (C=O) groups excluding carboxylic acids is 3. The van der Waals surface area contributed by atoms with Gasteiger partial charge in [-0.3, -0.25) is 9.59 Å². The summed E-state index contributed by atoms with van der Waals surface area (Å²) >= 11 is 0.